The van der Waals surface area contributed by atoms with Crippen LogP contribution in [0.15, 0.2) is 24.4 Å². The molecule has 2 aromatic heterocycles. The lowest BCUT2D eigenvalue weighted by atomic mass is 10.2. The molecule has 0 aliphatic rings. The van der Waals surface area contributed by atoms with Crippen molar-refractivity contribution in [1.29, 1.82) is 0 Å². The second-order valence-electron chi connectivity index (χ2n) is 3.96. The maximum atomic E-state index is 12.2. The molecule has 0 bridgehead atoms. The fraction of sp³-hybridized carbons (Fsp3) is 0.167. The van der Waals surface area contributed by atoms with Crippen LogP contribution in [0.5, 0.6) is 0 Å². The van der Waals surface area contributed by atoms with Crippen molar-refractivity contribution >= 4 is 46.3 Å². The maximum absolute atomic E-state index is 12.2. The molecule has 2 aromatic rings. The number of rotatable bonds is 3. The number of anilines is 1. The Kier molecular flexibility index (Phi) is 4.29. The van der Waals surface area contributed by atoms with Gasteiger partial charge in [0.15, 0.2) is 0 Å². The van der Waals surface area contributed by atoms with E-state index in [2.05, 4.69) is 4.98 Å². The zero-order chi connectivity index (χ0) is 14.0. The first-order chi connectivity index (χ1) is 8.97. The van der Waals surface area contributed by atoms with Gasteiger partial charge in [0, 0.05) is 18.1 Å². The van der Waals surface area contributed by atoms with Crippen LogP contribution >= 0.6 is 34.5 Å². The van der Waals surface area contributed by atoms with E-state index in [-0.39, 0.29) is 16.7 Å². The number of hydrogen-bond donors (Lipinski definition) is 1. The summed E-state index contributed by atoms with van der Waals surface area (Å²) in [5, 5.41) is 0.276. The normalized spacial score (nSPS) is 10.5. The van der Waals surface area contributed by atoms with Gasteiger partial charge in [-0.2, -0.15) is 0 Å². The van der Waals surface area contributed by atoms with Crippen LogP contribution in [0, 0.1) is 0 Å². The van der Waals surface area contributed by atoms with E-state index >= 15 is 0 Å². The first-order valence-corrected chi connectivity index (χ1v) is 6.95. The molecule has 0 unspecified atom stereocenters. The Morgan fingerprint density at radius 2 is 2.21 bits per heavy atom. The minimum Gasteiger partial charge on any atom is -0.382 e. The standard InChI is InChI=1S/C12H11Cl2N3OS/c1-17(6-8-2-3-10(14)19-8)12(18)7-4-9(13)11(15)16-5-7/h2-5H,6H2,1H3,(H2,15,16). The second kappa shape index (κ2) is 5.77. The van der Waals surface area contributed by atoms with Gasteiger partial charge in [0.2, 0.25) is 0 Å². The van der Waals surface area contributed by atoms with Gasteiger partial charge in [-0.1, -0.05) is 23.2 Å². The Bertz CT molecular complexity index is 615. The molecule has 19 heavy (non-hydrogen) atoms. The van der Waals surface area contributed by atoms with Crippen LogP contribution in [0.2, 0.25) is 9.36 Å². The summed E-state index contributed by atoms with van der Waals surface area (Å²) in [6.07, 6.45) is 1.42. The molecule has 0 aliphatic carbocycles. The summed E-state index contributed by atoms with van der Waals surface area (Å²) in [5.41, 5.74) is 5.92. The zero-order valence-corrected chi connectivity index (χ0v) is 12.4. The van der Waals surface area contributed by atoms with Crippen LogP contribution in [0.4, 0.5) is 5.82 Å². The molecule has 2 N–H and O–H groups in total. The molecule has 0 radical (unpaired) electrons. The number of amides is 1. The van der Waals surface area contributed by atoms with Crippen molar-refractivity contribution in [2.24, 2.45) is 0 Å². The van der Waals surface area contributed by atoms with Crippen LogP contribution in [-0.4, -0.2) is 22.8 Å². The molecule has 2 rings (SSSR count). The summed E-state index contributed by atoms with van der Waals surface area (Å²) >= 11 is 13.1. The third kappa shape index (κ3) is 3.37. The summed E-state index contributed by atoms with van der Waals surface area (Å²) in [7, 11) is 1.71. The van der Waals surface area contributed by atoms with E-state index < -0.39 is 0 Å². The molecular formula is C12H11Cl2N3OS. The second-order valence-corrected chi connectivity index (χ2v) is 6.16. The van der Waals surface area contributed by atoms with Crippen LogP contribution in [0.3, 0.4) is 0 Å². The highest BCUT2D eigenvalue weighted by Gasteiger charge is 2.14. The van der Waals surface area contributed by atoms with Gasteiger partial charge in [0.05, 0.1) is 21.5 Å². The Labute approximate surface area is 124 Å². The summed E-state index contributed by atoms with van der Waals surface area (Å²) in [5.74, 6) is 0.0461. The van der Waals surface area contributed by atoms with Gasteiger partial charge in [0.25, 0.3) is 5.91 Å². The Balaban J connectivity index is 2.12. The van der Waals surface area contributed by atoms with Crippen LogP contribution < -0.4 is 5.73 Å². The fourth-order valence-electron chi connectivity index (χ4n) is 1.53. The Hall–Kier alpha value is -1.30. The highest BCUT2D eigenvalue weighted by molar-refractivity contribution is 7.16. The van der Waals surface area contributed by atoms with Gasteiger partial charge in [-0.25, -0.2) is 4.98 Å². The molecule has 4 nitrogen and oxygen atoms in total. The summed E-state index contributed by atoms with van der Waals surface area (Å²) in [6, 6.07) is 5.22. The summed E-state index contributed by atoms with van der Waals surface area (Å²) in [6.45, 7) is 0.484. The predicted octanol–water partition coefficient (Wildman–Crippen LogP) is 3.30. The topological polar surface area (TPSA) is 59.2 Å². The quantitative estimate of drug-likeness (QED) is 0.945. The minimum absolute atomic E-state index is 0.168. The third-order valence-electron chi connectivity index (χ3n) is 2.49. The van der Waals surface area contributed by atoms with E-state index in [1.165, 1.54) is 23.6 Å². The monoisotopic (exact) mass is 315 g/mol. The van der Waals surface area contributed by atoms with Gasteiger partial charge in [-0.05, 0) is 18.2 Å². The molecule has 0 atom stereocenters. The van der Waals surface area contributed by atoms with Crippen molar-refractivity contribution in [3.8, 4) is 0 Å². The molecule has 0 aliphatic heterocycles. The Morgan fingerprint density at radius 1 is 1.47 bits per heavy atom. The van der Waals surface area contributed by atoms with Crippen LogP contribution in [0.1, 0.15) is 15.2 Å². The number of hydrogen-bond acceptors (Lipinski definition) is 4. The molecule has 0 saturated heterocycles. The zero-order valence-electron chi connectivity index (χ0n) is 10.1. The Morgan fingerprint density at radius 3 is 2.79 bits per heavy atom. The maximum Gasteiger partial charge on any atom is 0.255 e. The van der Waals surface area contributed by atoms with E-state index in [0.29, 0.717) is 16.4 Å². The average Bonchev–Trinajstić information content (AvgIpc) is 2.77. The van der Waals surface area contributed by atoms with Crippen molar-refractivity contribution in [2.45, 2.75) is 6.54 Å². The number of thiophene rings is 1. The number of nitrogens with two attached hydrogens (primary N) is 1. The number of carbonyl (C=O) groups excluding carboxylic acids is 1. The number of halogens is 2. The van der Waals surface area contributed by atoms with Crippen molar-refractivity contribution in [2.75, 3.05) is 12.8 Å². The number of pyridine rings is 1. The van der Waals surface area contributed by atoms with Gasteiger partial charge in [-0.3, -0.25) is 4.79 Å². The smallest absolute Gasteiger partial charge is 0.255 e. The first-order valence-electron chi connectivity index (χ1n) is 5.38. The third-order valence-corrected chi connectivity index (χ3v) is 4.00. The van der Waals surface area contributed by atoms with E-state index in [4.69, 9.17) is 28.9 Å². The molecule has 100 valence electrons. The highest BCUT2D eigenvalue weighted by atomic mass is 35.5. The number of nitrogens with zero attached hydrogens (tertiary/aromatic N) is 2. The lowest BCUT2D eigenvalue weighted by Crippen LogP contribution is -2.26. The molecule has 7 heteroatoms. The number of aromatic nitrogens is 1. The van der Waals surface area contributed by atoms with Crippen LogP contribution in [0.25, 0.3) is 0 Å². The number of carbonyl (C=O) groups is 1. The predicted molar refractivity (Wildman–Crippen MR) is 78.8 cm³/mol. The molecule has 0 fully saturated rings. The van der Waals surface area contributed by atoms with E-state index in [0.717, 1.165) is 4.88 Å². The van der Waals surface area contributed by atoms with Gasteiger partial charge >= 0.3 is 0 Å². The van der Waals surface area contributed by atoms with Crippen molar-refractivity contribution in [1.82, 2.24) is 9.88 Å². The van der Waals surface area contributed by atoms with Gasteiger partial charge in [0.1, 0.15) is 5.82 Å². The van der Waals surface area contributed by atoms with Gasteiger partial charge in [-0.15, -0.1) is 11.3 Å². The molecule has 0 aromatic carbocycles. The van der Waals surface area contributed by atoms with Gasteiger partial charge < -0.3 is 10.6 Å². The lowest BCUT2D eigenvalue weighted by molar-refractivity contribution is 0.0786. The SMILES string of the molecule is CN(Cc1ccc(Cl)s1)C(=O)c1cnc(N)c(Cl)c1. The van der Waals surface area contributed by atoms with E-state index in [9.17, 15) is 4.79 Å². The fourth-order valence-corrected chi connectivity index (χ4v) is 2.84. The average molecular weight is 316 g/mol. The lowest BCUT2D eigenvalue weighted by Gasteiger charge is -2.16. The molecule has 0 saturated carbocycles. The minimum atomic E-state index is -0.168. The number of nitrogen functional groups attached to an aromatic ring is 1. The molecule has 0 spiro atoms. The van der Waals surface area contributed by atoms with Crippen molar-refractivity contribution < 1.29 is 4.79 Å². The summed E-state index contributed by atoms with van der Waals surface area (Å²) < 4.78 is 0.702. The molecule has 1 amide bonds. The first kappa shape index (κ1) is 14.1. The van der Waals surface area contributed by atoms with E-state index in [1.54, 1.807) is 11.9 Å². The van der Waals surface area contributed by atoms with E-state index in [1.807, 2.05) is 12.1 Å². The van der Waals surface area contributed by atoms with Crippen molar-refractivity contribution in [3.05, 3.63) is 44.2 Å². The summed E-state index contributed by atoms with van der Waals surface area (Å²) in [4.78, 5) is 18.6. The van der Waals surface area contributed by atoms with Crippen LogP contribution in [-0.2, 0) is 6.54 Å². The highest BCUT2D eigenvalue weighted by Crippen LogP contribution is 2.23. The molecule has 2 heterocycles. The van der Waals surface area contributed by atoms with Crippen molar-refractivity contribution in [3.63, 3.8) is 0 Å². The largest absolute Gasteiger partial charge is 0.382 e. The molecular weight excluding hydrogens is 305 g/mol.